The number of likely N-dealkylation sites (N-methyl/N-ethyl adjacent to an activating group) is 1. The summed E-state index contributed by atoms with van der Waals surface area (Å²) in [7, 11) is 0. The van der Waals surface area contributed by atoms with Gasteiger partial charge in [0.05, 0.1) is 17.3 Å². The Morgan fingerprint density at radius 2 is 2.31 bits per heavy atom. The molecule has 1 fully saturated rings. The van der Waals surface area contributed by atoms with E-state index < -0.39 is 0 Å². The highest BCUT2D eigenvalue weighted by Crippen LogP contribution is 2.26. The molecule has 3 nitrogen and oxygen atoms in total. The van der Waals surface area contributed by atoms with Gasteiger partial charge in [0, 0.05) is 24.7 Å². The predicted octanol–water partition coefficient (Wildman–Crippen LogP) is 2.01. The molecule has 2 rings (SSSR count). The molecule has 0 spiro atoms. The molecule has 1 aliphatic rings. The monoisotopic (exact) mass is 235 g/mol. The number of rotatable bonds is 3. The van der Waals surface area contributed by atoms with Crippen LogP contribution in [0.5, 0.6) is 0 Å². The molecule has 1 aromatic rings. The first-order valence-corrected chi connectivity index (χ1v) is 5.81. The van der Waals surface area contributed by atoms with Gasteiger partial charge in [-0.1, -0.05) is 11.6 Å². The molecular formula is C12H14ClN3. The van der Waals surface area contributed by atoms with Crippen LogP contribution in [0.25, 0.3) is 0 Å². The molecule has 84 valence electrons. The van der Waals surface area contributed by atoms with Crippen LogP contribution in [0, 0.1) is 11.3 Å². The van der Waals surface area contributed by atoms with Crippen molar-refractivity contribution in [1.82, 2.24) is 5.32 Å². The van der Waals surface area contributed by atoms with Gasteiger partial charge in [0.1, 0.15) is 6.07 Å². The second-order valence-corrected chi connectivity index (χ2v) is 4.31. The minimum atomic E-state index is 0.498. The molecule has 1 N–H and O–H groups in total. The van der Waals surface area contributed by atoms with Gasteiger partial charge in [0.2, 0.25) is 0 Å². The van der Waals surface area contributed by atoms with E-state index in [1.165, 1.54) is 0 Å². The van der Waals surface area contributed by atoms with Crippen molar-refractivity contribution in [3.8, 4) is 6.07 Å². The molecular weight excluding hydrogens is 222 g/mol. The third-order valence-corrected chi connectivity index (χ3v) is 3.16. The van der Waals surface area contributed by atoms with Crippen molar-refractivity contribution in [1.29, 1.82) is 5.26 Å². The summed E-state index contributed by atoms with van der Waals surface area (Å²) in [6, 6.07) is 8.21. The molecule has 0 atom stereocenters. The Labute approximate surface area is 101 Å². The molecule has 1 saturated heterocycles. The Bertz CT molecular complexity index is 421. The van der Waals surface area contributed by atoms with Gasteiger partial charge in [0.15, 0.2) is 0 Å². The molecule has 0 saturated carbocycles. The fourth-order valence-electron chi connectivity index (χ4n) is 1.97. The SMILES string of the molecule is CCN(c1ccc(Cl)cc1C#N)C1CNC1. The zero-order valence-electron chi connectivity index (χ0n) is 9.20. The smallest absolute Gasteiger partial charge is 0.101 e. The Morgan fingerprint density at radius 3 is 2.81 bits per heavy atom. The summed E-state index contributed by atoms with van der Waals surface area (Å²) in [6.07, 6.45) is 0. The average Bonchev–Trinajstić information content (AvgIpc) is 2.23. The van der Waals surface area contributed by atoms with Crippen LogP contribution in [0.4, 0.5) is 5.69 Å². The Hall–Kier alpha value is -1.24. The minimum absolute atomic E-state index is 0.498. The van der Waals surface area contributed by atoms with Gasteiger partial charge in [-0.05, 0) is 25.1 Å². The number of hydrogen-bond acceptors (Lipinski definition) is 3. The summed E-state index contributed by atoms with van der Waals surface area (Å²) in [5.41, 5.74) is 1.64. The van der Waals surface area contributed by atoms with Crippen LogP contribution in [0.3, 0.4) is 0 Å². The van der Waals surface area contributed by atoms with Gasteiger partial charge < -0.3 is 10.2 Å². The van der Waals surface area contributed by atoms with Gasteiger partial charge in [-0.3, -0.25) is 0 Å². The van der Waals surface area contributed by atoms with Crippen molar-refractivity contribution in [2.24, 2.45) is 0 Å². The highest BCUT2D eigenvalue weighted by Gasteiger charge is 2.25. The molecule has 0 bridgehead atoms. The van der Waals surface area contributed by atoms with Crippen LogP contribution in [-0.4, -0.2) is 25.7 Å². The zero-order chi connectivity index (χ0) is 11.5. The quantitative estimate of drug-likeness (QED) is 0.871. The topological polar surface area (TPSA) is 39.1 Å². The summed E-state index contributed by atoms with van der Waals surface area (Å²) in [5, 5.41) is 13.0. The summed E-state index contributed by atoms with van der Waals surface area (Å²) in [4.78, 5) is 2.26. The van der Waals surface area contributed by atoms with E-state index in [2.05, 4.69) is 23.2 Å². The molecule has 0 unspecified atom stereocenters. The number of nitriles is 1. The third-order valence-electron chi connectivity index (χ3n) is 2.93. The van der Waals surface area contributed by atoms with Crippen LogP contribution in [-0.2, 0) is 0 Å². The Balaban J connectivity index is 2.33. The van der Waals surface area contributed by atoms with Crippen LogP contribution >= 0.6 is 11.6 Å². The molecule has 0 aliphatic carbocycles. The fraction of sp³-hybridized carbons (Fsp3) is 0.417. The van der Waals surface area contributed by atoms with E-state index in [9.17, 15) is 0 Å². The highest BCUT2D eigenvalue weighted by molar-refractivity contribution is 6.30. The van der Waals surface area contributed by atoms with Gasteiger partial charge >= 0.3 is 0 Å². The number of nitrogens with one attached hydrogen (secondary N) is 1. The van der Waals surface area contributed by atoms with Crippen LogP contribution < -0.4 is 10.2 Å². The summed E-state index contributed by atoms with van der Waals surface area (Å²) in [5.74, 6) is 0. The summed E-state index contributed by atoms with van der Waals surface area (Å²) in [6.45, 7) is 4.99. The highest BCUT2D eigenvalue weighted by atomic mass is 35.5. The lowest BCUT2D eigenvalue weighted by molar-refractivity contribution is 0.417. The normalized spacial score (nSPS) is 15.3. The number of benzene rings is 1. The van der Waals surface area contributed by atoms with Gasteiger partial charge in [-0.15, -0.1) is 0 Å². The number of hydrogen-bond donors (Lipinski definition) is 1. The van der Waals surface area contributed by atoms with Crippen molar-refractivity contribution in [2.45, 2.75) is 13.0 Å². The van der Waals surface area contributed by atoms with Crippen molar-refractivity contribution in [3.63, 3.8) is 0 Å². The number of nitrogens with zero attached hydrogens (tertiary/aromatic N) is 2. The summed E-state index contributed by atoms with van der Waals surface area (Å²) >= 11 is 5.89. The van der Waals surface area contributed by atoms with Crippen molar-refractivity contribution in [2.75, 3.05) is 24.5 Å². The Kier molecular flexibility index (Phi) is 3.33. The molecule has 1 aliphatic heterocycles. The van der Waals surface area contributed by atoms with E-state index in [1.807, 2.05) is 12.1 Å². The number of halogens is 1. The first-order valence-electron chi connectivity index (χ1n) is 5.43. The standard InChI is InChI=1S/C12H14ClN3/c1-2-16(11-7-15-8-11)12-4-3-10(13)5-9(12)6-14/h3-5,11,15H,2,7-8H2,1H3. The lowest BCUT2D eigenvalue weighted by Crippen LogP contribution is -2.57. The first kappa shape index (κ1) is 11.3. The molecule has 0 amide bonds. The maximum absolute atomic E-state index is 9.11. The maximum atomic E-state index is 9.11. The molecule has 4 heteroatoms. The van der Waals surface area contributed by atoms with Crippen molar-refractivity contribution in [3.05, 3.63) is 28.8 Å². The van der Waals surface area contributed by atoms with E-state index in [-0.39, 0.29) is 0 Å². The van der Waals surface area contributed by atoms with Crippen LogP contribution in [0.15, 0.2) is 18.2 Å². The van der Waals surface area contributed by atoms with Gasteiger partial charge in [0.25, 0.3) is 0 Å². The van der Waals surface area contributed by atoms with Crippen molar-refractivity contribution >= 4 is 17.3 Å². The van der Waals surface area contributed by atoms with E-state index >= 15 is 0 Å². The van der Waals surface area contributed by atoms with Crippen molar-refractivity contribution < 1.29 is 0 Å². The molecule has 1 aromatic carbocycles. The van der Waals surface area contributed by atoms with E-state index in [0.717, 1.165) is 25.3 Å². The fourth-order valence-corrected chi connectivity index (χ4v) is 2.14. The molecule has 0 radical (unpaired) electrons. The minimum Gasteiger partial charge on any atom is -0.365 e. The van der Waals surface area contributed by atoms with Crippen LogP contribution in [0.2, 0.25) is 5.02 Å². The first-order chi connectivity index (χ1) is 7.76. The third kappa shape index (κ3) is 1.99. The molecule has 0 aromatic heterocycles. The van der Waals surface area contributed by atoms with Gasteiger partial charge in [-0.25, -0.2) is 0 Å². The maximum Gasteiger partial charge on any atom is 0.101 e. The van der Waals surface area contributed by atoms with Gasteiger partial charge in [-0.2, -0.15) is 5.26 Å². The van der Waals surface area contributed by atoms with E-state index in [4.69, 9.17) is 16.9 Å². The summed E-state index contributed by atoms with van der Waals surface area (Å²) < 4.78 is 0. The largest absolute Gasteiger partial charge is 0.365 e. The van der Waals surface area contributed by atoms with E-state index in [1.54, 1.807) is 6.07 Å². The lowest BCUT2D eigenvalue weighted by atomic mass is 10.1. The molecule has 1 heterocycles. The number of anilines is 1. The molecule has 16 heavy (non-hydrogen) atoms. The zero-order valence-corrected chi connectivity index (χ0v) is 9.96. The predicted molar refractivity (Wildman–Crippen MR) is 65.8 cm³/mol. The average molecular weight is 236 g/mol. The van der Waals surface area contributed by atoms with E-state index in [0.29, 0.717) is 16.6 Å². The van der Waals surface area contributed by atoms with Crippen LogP contribution in [0.1, 0.15) is 12.5 Å². The second-order valence-electron chi connectivity index (χ2n) is 3.87. The lowest BCUT2D eigenvalue weighted by Gasteiger charge is -2.39. The second kappa shape index (κ2) is 4.73. The Morgan fingerprint density at radius 1 is 1.56 bits per heavy atom.